The van der Waals surface area contributed by atoms with Crippen LogP contribution < -0.4 is 10.5 Å². The Balaban J connectivity index is 2.41. The number of rotatable bonds is 1. The molecule has 0 saturated heterocycles. The highest BCUT2D eigenvalue weighted by molar-refractivity contribution is 5.38. The van der Waals surface area contributed by atoms with Crippen LogP contribution in [-0.4, -0.2) is 13.2 Å². The molecule has 3 heteroatoms. The average molecular weight is 181 g/mol. The van der Waals surface area contributed by atoms with E-state index in [1.807, 2.05) is 0 Å². The molecule has 1 aromatic carbocycles. The van der Waals surface area contributed by atoms with Gasteiger partial charge in [0.05, 0.1) is 6.61 Å². The van der Waals surface area contributed by atoms with Gasteiger partial charge >= 0.3 is 0 Å². The van der Waals surface area contributed by atoms with Crippen molar-refractivity contribution in [2.75, 3.05) is 13.2 Å². The highest BCUT2D eigenvalue weighted by Crippen LogP contribution is 2.33. The summed E-state index contributed by atoms with van der Waals surface area (Å²) >= 11 is 0. The SMILES string of the molecule is NC[C@H]1CCOc2ccc(F)cc21. The fourth-order valence-electron chi connectivity index (χ4n) is 1.68. The second kappa shape index (κ2) is 3.34. The lowest BCUT2D eigenvalue weighted by Crippen LogP contribution is -2.21. The molecule has 0 unspecified atom stereocenters. The van der Waals surface area contributed by atoms with Gasteiger partial charge in [-0.1, -0.05) is 0 Å². The Kier molecular flexibility index (Phi) is 2.19. The number of fused-ring (bicyclic) bond motifs is 1. The number of ether oxygens (including phenoxy) is 1. The van der Waals surface area contributed by atoms with E-state index in [9.17, 15) is 4.39 Å². The molecule has 0 radical (unpaired) electrons. The quantitative estimate of drug-likeness (QED) is 0.715. The van der Waals surface area contributed by atoms with Gasteiger partial charge in [0.25, 0.3) is 0 Å². The number of halogens is 1. The van der Waals surface area contributed by atoms with E-state index >= 15 is 0 Å². The molecule has 13 heavy (non-hydrogen) atoms. The van der Waals surface area contributed by atoms with E-state index in [4.69, 9.17) is 10.5 Å². The lowest BCUT2D eigenvalue weighted by atomic mass is 9.93. The third kappa shape index (κ3) is 1.52. The molecule has 0 aromatic heterocycles. The number of hydrogen-bond acceptors (Lipinski definition) is 2. The second-order valence-electron chi connectivity index (χ2n) is 3.25. The summed E-state index contributed by atoms with van der Waals surface area (Å²) in [6, 6.07) is 4.61. The van der Waals surface area contributed by atoms with Crippen molar-refractivity contribution in [2.24, 2.45) is 5.73 Å². The molecule has 0 spiro atoms. The van der Waals surface area contributed by atoms with Crippen LogP contribution in [0.4, 0.5) is 4.39 Å². The molecule has 1 aliphatic rings. The van der Waals surface area contributed by atoms with Crippen LogP contribution >= 0.6 is 0 Å². The van der Waals surface area contributed by atoms with Crippen LogP contribution in [0.2, 0.25) is 0 Å². The predicted octanol–water partition coefficient (Wildman–Crippen LogP) is 1.65. The Hall–Kier alpha value is -1.09. The topological polar surface area (TPSA) is 35.2 Å². The molecule has 1 aliphatic heterocycles. The Labute approximate surface area is 76.5 Å². The van der Waals surface area contributed by atoms with Crippen LogP contribution in [-0.2, 0) is 0 Å². The Morgan fingerprint density at radius 1 is 1.54 bits per heavy atom. The van der Waals surface area contributed by atoms with Gasteiger partial charge in [-0.3, -0.25) is 0 Å². The van der Waals surface area contributed by atoms with Crippen molar-refractivity contribution < 1.29 is 9.13 Å². The van der Waals surface area contributed by atoms with Crippen molar-refractivity contribution >= 4 is 0 Å². The van der Waals surface area contributed by atoms with Crippen molar-refractivity contribution in [3.63, 3.8) is 0 Å². The smallest absolute Gasteiger partial charge is 0.123 e. The summed E-state index contributed by atoms with van der Waals surface area (Å²) in [4.78, 5) is 0. The van der Waals surface area contributed by atoms with Crippen LogP contribution in [0.1, 0.15) is 17.9 Å². The van der Waals surface area contributed by atoms with Crippen molar-refractivity contribution in [1.82, 2.24) is 0 Å². The van der Waals surface area contributed by atoms with Gasteiger partial charge in [0.2, 0.25) is 0 Å². The first-order valence-electron chi connectivity index (χ1n) is 4.43. The van der Waals surface area contributed by atoms with Crippen molar-refractivity contribution in [3.8, 4) is 5.75 Å². The molecule has 1 heterocycles. The fourth-order valence-corrected chi connectivity index (χ4v) is 1.68. The summed E-state index contributed by atoms with van der Waals surface area (Å²) in [7, 11) is 0. The minimum absolute atomic E-state index is 0.220. The molecule has 1 aromatic rings. The summed E-state index contributed by atoms with van der Waals surface area (Å²) in [5.74, 6) is 0.810. The Morgan fingerprint density at radius 2 is 2.38 bits per heavy atom. The van der Waals surface area contributed by atoms with E-state index in [1.54, 1.807) is 6.07 Å². The van der Waals surface area contributed by atoms with Gasteiger partial charge in [-0.15, -0.1) is 0 Å². The van der Waals surface area contributed by atoms with Crippen molar-refractivity contribution in [2.45, 2.75) is 12.3 Å². The summed E-state index contributed by atoms with van der Waals surface area (Å²) in [6.07, 6.45) is 0.882. The molecule has 0 fully saturated rings. The Bertz CT molecular complexity index is 314. The third-order valence-corrected chi connectivity index (χ3v) is 2.42. The van der Waals surface area contributed by atoms with Crippen LogP contribution in [0, 0.1) is 5.82 Å². The molecule has 2 rings (SSSR count). The fraction of sp³-hybridized carbons (Fsp3) is 0.400. The zero-order chi connectivity index (χ0) is 9.26. The lowest BCUT2D eigenvalue weighted by molar-refractivity contribution is 0.268. The molecule has 2 N–H and O–H groups in total. The highest BCUT2D eigenvalue weighted by Gasteiger charge is 2.20. The molecule has 0 saturated carbocycles. The maximum Gasteiger partial charge on any atom is 0.123 e. The lowest BCUT2D eigenvalue weighted by Gasteiger charge is -2.24. The average Bonchev–Trinajstić information content (AvgIpc) is 2.17. The largest absolute Gasteiger partial charge is 0.493 e. The van der Waals surface area contributed by atoms with E-state index < -0.39 is 0 Å². The number of hydrogen-bond donors (Lipinski definition) is 1. The van der Waals surface area contributed by atoms with Gasteiger partial charge in [-0.25, -0.2) is 4.39 Å². The summed E-state index contributed by atoms with van der Waals surface area (Å²) in [5, 5.41) is 0. The first-order valence-corrected chi connectivity index (χ1v) is 4.43. The zero-order valence-electron chi connectivity index (χ0n) is 7.29. The van der Waals surface area contributed by atoms with Crippen molar-refractivity contribution in [1.29, 1.82) is 0 Å². The normalized spacial score (nSPS) is 20.6. The van der Waals surface area contributed by atoms with Gasteiger partial charge in [-0.05, 0) is 31.2 Å². The van der Waals surface area contributed by atoms with E-state index in [2.05, 4.69) is 0 Å². The zero-order valence-corrected chi connectivity index (χ0v) is 7.29. The van der Waals surface area contributed by atoms with Crippen LogP contribution in [0.3, 0.4) is 0 Å². The van der Waals surface area contributed by atoms with Gasteiger partial charge in [0.15, 0.2) is 0 Å². The maximum absolute atomic E-state index is 12.9. The van der Waals surface area contributed by atoms with Crippen LogP contribution in [0.25, 0.3) is 0 Å². The first kappa shape index (κ1) is 8.51. The predicted molar refractivity (Wildman–Crippen MR) is 48.3 cm³/mol. The van der Waals surface area contributed by atoms with Crippen molar-refractivity contribution in [3.05, 3.63) is 29.6 Å². The molecule has 0 amide bonds. The highest BCUT2D eigenvalue weighted by atomic mass is 19.1. The van der Waals surface area contributed by atoms with Gasteiger partial charge in [0, 0.05) is 11.5 Å². The maximum atomic E-state index is 12.9. The minimum atomic E-state index is -0.220. The van der Waals surface area contributed by atoms with Crippen LogP contribution in [0.15, 0.2) is 18.2 Å². The van der Waals surface area contributed by atoms with E-state index in [-0.39, 0.29) is 11.7 Å². The summed E-state index contributed by atoms with van der Waals surface area (Å²) in [6.45, 7) is 1.24. The molecule has 0 bridgehead atoms. The monoisotopic (exact) mass is 181 g/mol. The third-order valence-electron chi connectivity index (χ3n) is 2.42. The van der Waals surface area contributed by atoms with E-state index in [0.29, 0.717) is 13.2 Å². The molecule has 70 valence electrons. The van der Waals surface area contributed by atoms with Gasteiger partial charge in [0.1, 0.15) is 11.6 Å². The van der Waals surface area contributed by atoms with Gasteiger partial charge < -0.3 is 10.5 Å². The molecule has 1 atom stereocenters. The number of nitrogens with two attached hydrogens (primary N) is 1. The molecular formula is C10H12FNO. The minimum Gasteiger partial charge on any atom is -0.493 e. The summed E-state index contributed by atoms with van der Waals surface area (Å²) in [5.41, 5.74) is 6.50. The van der Waals surface area contributed by atoms with E-state index in [0.717, 1.165) is 17.7 Å². The molecular weight excluding hydrogens is 169 g/mol. The van der Waals surface area contributed by atoms with Gasteiger partial charge in [-0.2, -0.15) is 0 Å². The molecule has 0 aliphatic carbocycles. The summed E-state index contributed by atoms with van der Waals surface area (Å²) < 4.78 is 18.3. The second-order valence-corrected chi connectivity index (χ2v) is 3.25. The first-order chi connectivity index (χ1) is 6.31. The molecule has 2 nitrogen and oxygen atoms in total. The standard InChI is InChI=1S/C10H12FNO/c11-8-1-2-10-9(5-8)7(6-12)3-4-13-10/h1-2,5,7H,3-4,6,12H2/t7-/m1/s1. The number of benzene rings is 1. The van der Waals surface area contributed by atoms with Crippen LogP contribution in [0.5, 0.6) is 5.75 Å². The Morgan fingerprint density at radius 3 is 3.15 bits per heavy atom. The van der Waals surface area contributed by atoms with E-state index in [1.165, 1.54) is 12.1 Å².